The van der Waals surface area contributed by atoms with Crippen LogP contribution in [0.1, 0.15) is 18.9 Å². The molecule has 2 unspecified atom stereocenters. The topological polar surface area (TPSA) is 27.7 Å². The van der Waals surface area contributed by atoms with Crippen LogP contribution in [0.25, 0.3) is 0 Å². The van der Waals surface area contributed by atoms with Crippen LogP contribution >= 0.6 is 15.9 Å². The van der Waals surface area contributed by atoms with Crippen molar-refractivity contribution in [2.24, 2.45) is 0 Å². The smallest absolute Gasteiger partial charge is 0.205 e. The van der Waals surface area contributed by atoms with Crippen LogP contribution in [0.5, 0.6) is 11.5 Å². The Morgan fingerprint density at radius 2 is 1.77 bits per heavy atom. The van der Waals surface area contributed by atoms with Crippen molar-refractivity contribution in [3.05, 3.63) is 60.2 Å². The van der Waals surface area contributed by atoms with Gasteiger partial charge in [0.25, 0.3) is 0 Å². The first kappa shape index (κ1) is 15.5. The van der Waals surface area contributed by atoms with E-state index < -0.39 is 5.79 Å². The largest absolute Gasteiger partial charge is 0.457 e. The second-order valence-corrected chi connectivity index (χ2v) is 5.95. The van der Waals surface area contributed by atoms with Gasteiger partial charge in [0.05, 0.1) is 18.0 Å². The Bertz CT molecular complexity index is 599. The lowest BCUT2D eigenvalue weighted by molar-refractivity contribution is -0.285. The number of benzene rings is 2. The summed E-state index contributed by atoms with van der Waals surface area (Å²) < 4.78 is 17.8. The van der Waals surface area contributed by atoms with Crippen molar-refractivity contribution in [3.8, 4) is 11.5 Å². The van der Waals surface area contributed by atoms with Crippen LogP contribution in [0.4, 0.5) is 0 Å². The highest BCUT2D eigenvalue weighted by Gasteiger charge is 2.38. The van der Waals surface area contributed by atoms with E-state index in [9.17, 15) is 0 Å². The van der Waals surface area contributed by atoms with Crippen LogP contribution in [0.2, 0.25) is 0 Å². The number of hydrogen-bond donors (Lipinski definition) is 0. The molecule has 0 spiro atoms. The average molecular weight is 363 g/mol. The SMILES string of the molecule is CC1CCOC(CBr)(c2ccc(Oc3ccccc3)cc2)O1. The lowest BCUT2D eigenvalue weighted by atomic mass is 10.1. The number of alkyl halides is 1. The van der Waals surface area contributed by atoms with E-state index in [1.807, 2.05) is 54.6 Å². The first-order chi connectivity index (χ1) is 10.7. The minimum Gasteiger partial charge on any atom is -0.457 e. The summed E-state index contributed by atoms with van der Waals surface area (Å²) >= 11 is 3.52. The van der Waals surface area contributed by atoms with Crippen LogP contribution in [0.15, 0.2) is 54.6 Å². The number of ether oxygens (including phenoxy) is 3. The Morgan fingerprint density at radius 1 is 1.09 bits per heavy atom. The number of halogens is 1. The van der Waals surface area contributed by atoms with Crippen molar-refractivity contribution in [2.75, 3.05) is 11.9 Å². The maximum Gasteiger partial charge on any atom is 0.205 e. The molecule has 22 heavy (non-hydrogen) atoms. The molecule has 1 aliphatic rings. The predicted molar refractivity (Wildman–Crippen MR) is 89.5 cm³/mol. The van der Waals surface area contributed by atoms with Gasteiger partial charge in [-0.25, -0.2) is 0 Å². The van der Waals surface area contributed by atoms with E-state index in [-0.39, 0.29) is 6.10 Å². The normalized spacial score (nSPS) is 24.9. The van der Waals surface area contributed by atoms with Gasteiger partial charge in [-0.1, -0.05) is 34.1 Å². The Balaban J connectivity index is 1.78. The third-order valence-corrected chi connectivity index (χ3v) is 4.44. The molecule has 2 aromatic carbocycles. The first-order valence-corrected chi connectivity index (χ1v) is 8.55. The van der Waals surface area contributed by atoms with Crippen LogP contribution in [-0.2, 0) is 15.3 Å². The van der Waals surface area contributed by atoms with E-state index in [0.717, 1.165) is 23.5 Å². The third-order valence-electron chi connectivity index (χ3n) is 3.70. The third kappa shape index (κ3) is 3.35. The molecule has 116 valence electrons. The van der Waals surface area contributed by atoms with Crippen molar-refractivity contribution in [3.63, 3.8) is 0 Å². The molecule has 0 aromatic heterocycles. The van der Waals surface area contributed by atoms with Crippen molar-refractivity contribution in [2.45, 2.75) is 25.2 Å². The van der Waals surface area contributed by atoms with E-state index in [2.05, 4.69) is 22.9 Å². The highest BCUT2D eigenvalue weighted by Crippen LogP contribution is 2.36. The van der Waals surface area contributed by atoms with E-state index in [0.29, 0.717) is 11.9 Å². The molecule has 2 atom stereocenters. The molecule has 0 bridgehead atoms. The molecular formula is C18H19BrO3. The van der Waals surface area contributed by atoms with Crippen molar-refractivity contribution in [1.82, 2.24) is 0 Å². The molecule has 4 heteroatoms. The van der Waals surface area contributed by atoms with E-state index in [1.54, 1.807) is 0 Å². The maximum absolute atomic E-state index is 6.06. The molecule has 0 amide bonds. The molecule has 3 rings (SSSR count). The van der Waals surface area contributed by atoms with Gasteiger partial charge in [-0.2, -0.15) is 0 Å². The molecule has 1 heterocycles. The molecule has 0 aliphatic carbocycles. The average Bonchev–Trinajstić information content (AvgIpc) is 2.56. The zero-order valence-electron chi connectivity index (χ0n) is 12.5. The standard InChI is InChI=1S/C18H19BrO3/c1-14-11-12-20-18(13-19,22-14)15-7-9-17(10-8-15)21-16-5-3-2-4-6-16/h2-10,14H,11-13H2,1H3. The summed E-state index contributed by atoms with van der Waals surface area (Å²) in [7, 11) is 0. The maximum atomic E-state index is 6.06. The number of rotatable bonds is 4. The lowest BCUT2D eigenvalue weighted by Gasteiger charge is -2.39. The molecule has 1 fully saturated rings. The second-order valence-electron chi connectivity index (χ2n) is 5.39. The van der Waals surface area contributed by atoms with Crippen LogP contribution < -0.4 is 4.74 Å². The molecular weight excluding hydrogens is 344 g/mol. The summed E-state index contributed by atoms with van der Waals surface area (Å²) in [4.78, 5) is 0. The highest BCUT2D eigenvalue weighted by molar-refractivity contribution is 9.09. The summed E-state index contributed by atoms with van der Waals surface area (Å²) in [5.74, 6) is 0.913. The van der Waals surface area contributed by atoms with Gasteiger partial charge in [0.2, 0.25) is 5.79 Å². The molecule has 2 aromatic rings. The van der Waals surface area contributed by atoms with E-state index in [1.165, 1.54) is 0 Å². The van der Waals surface area contributed by atoms with Gasteiger partial charge in [0.1, 0.15) is 11.5 Å². The van der Waals surface area contributed by atoms with Gasteiger partial charge in [-0.15, -0.1) is 0 Å². The molecule has 3 nitrogen and oxygen atoms in total. The van der Waals surface area contributed by atoms with Crippen molar-refractivity contribution < 1.29 is 14.2 Å². The van der Waals surface area contributed by atoms with Crippen molar-refractivity contribution in [1.29, 1.82) is 0 Å². The van der Waals surface area contributed by atoms with Crippen molar-refractivity contribution >= 4 is 15.9 Å². The lowest BCUT2D eigenvalue weighted by Crippen LogP contribution is -2.42. The second kappa shape index (κ2) is 6.82. The van der Waals surface area contributed by atoms with Gasteiger partial charge in [0, 0.05) is 5.56 Å². The molecule has 0 radical (unpaired) electrons. The van der Waals surface area contributed by atoms with Gasteiger partial charge in [-0.3, -0.25) is 0 Å². The molecule has 0 saturated carbocycles. The van der Waals surface area contributed by atoms with E-state index in [4.69, 9.17) is 14.2 Å². The Labute approximate surface area is 139 Å². The fourth-order valence-corrected chi connectivity index (χ4v) is 3.13. The van der Waals surface area contributed by atoms with Gasteiger partial charge >= 0.3 is 0 Å². The molecule has 1 saturated heterocycles. The number of para-hydroxylation sites is 1. The Morgan fingerprint density at radius 3 is 2.41 bits per heavy atom. The summed E-state index contributed by atoms with van der Waals surface area (Å²) in [6.45, 7) is 2.78. The fraction of sp³-hybridized carbons (Fsp3) is 0.333. The zero-order chi connectivity index (χ0) is 15.4. The van der Waals surface area contributed by atoms with Gasteiger partial charge < -0.3 is 14.2 Å². The quantitative estimate of drug-likeness (QED) is 0.727. The summed E-state index contributed by atoms with van der Waals surface area (Å²) in [6.07, 6.45) is 1.11. The predicted octanol–water partition coefficient (Wildman–Crippen LogP) is 4.85. The van der Waals surface area contributed by atoms with E-state index >= 15 is 0 Å². The number of hydrogen-bond acceptors (Lipinski definition) is 3. The van der Waals surface area contributed by atoms with Gasteiger partial charge in [-0.05, 0) is 49.7 Å². The summed E-state index contributed by atoms with van der Waals surface area (Å²) in [6, 6.07) is 17.6. The minimum absolute atomic E-state index is 0.187. The first-order valence-electron chi connectivity index (χ1n) is 7.43. The molecule has 1 aliphatic heterocycles. The Hall–Kier alpha value is -1.36. The fourth-order valence-electron chi connectivity index (χ4n) is 2.51. The minimum atomic E-state index is -0.705. The zero-order valence-corrected chi connectivity index (χ0v) is 14.1. The van der Waals surface area contributed by atoms with Crippen LogP contribution in [0.3, 0.4) is 0 Å². The van der Waals surface area contributed by atoms with Crippen LogP contribution in [0, 0.1) is 0 Å². The summed E-state index contributed by atoms with van der Waals surface area (Å²) in [5, 5.41) is 0.600. The van der Waals surface area contributed by atoms with Gasteiger partial charge in [0.15, 0.2) is 0 Å². The molecule has 0 N–H and O–H groups in total. The monoisotopic (exact) mass is 362 g/mol. The highest BCUT2D eigenvalue weighted by atomic mass is 79.9. The Kier molecular flexibility index (Phi) is 4.81. The van der Waals surface area contributed by atoms with Crippen LogP contribution in [-0.4, -0.2) is 18.0 Å². The summed E-state index contributed by atoms with van der Waals surface area (Å²) in [5.41, 5.74) is 0.997.